The molecule has 3 rings (SSSR count). The van der Waals surface area contributed by atoms with E-state index in [1.165, 1.54) is 0 Å². The normalized spacial score (nSPS) is 15.2. The van der Waals surface area contributed by atoms with Crippen LogP contribution in [-0.4, -0.2) is 42.2 Å². The van der Waals surface area contributed by atoms with Gasteiger partial charge in [0, 0.05) is 19.3 Å². The van der Waals surface area contributed by atoms with Crippen molar-refractivity contribution < 1.29 is 27.1 Å². The van der Waals surface area contributed by atoms with Gasteiger partial charge in [-0.2, -0.15) is 13.2 Å². The topological polar surface area (TPSA) is 80.5 Å². The molecule has 0 unspecified atom stereocenters. The van der Waals surface area contributed by atoms with Crippen molar-refractivity contribution in [3.8, 4) is 0 Å². The molecule has 0 atom stereocenters. The zero-order valence-corrected chi connectivity index (χ0v) is 14.0. The highest BCUT2D eigenvalue weighted by Gasteiger charge is 2.38. The first-order valence-corrected chi connectivity index (χ1v) is 7.95. The van der Waals surface area contributed by atoms with Crippen LogP contribution in [0.2, 0.25) is 0 Å². The number of ether oxygens (including phenoxy) is 1. The van der Waals surface area contributed by atoms with Gasteiger partial charge in [0.05, 0.1) is 25.3 Å². The molecule has 1 N–H and O–H groups in total. The lowest BCUT2D eigenvalue weighted by atomic mass is 10.2. The minimum atomic E-state index is -4.78. The van der Waals surface area contributed by atoms with Crippen LogP contribution in [0.25, 0.3) is 0 Å². The first-order valence-electron chi connectivity index (χ1n) is 7.95. The summed E-state index contributed by atoms with van der Waals surface area (Å²) in [6.45, 7) is 3.24. The average molecular weight is 370 g/mol. The number of furan rings is 1. The fourth-order valence-electron chi connectivity index (χ4n) is 2.51. The van der Waals surface area contributed by atoms with Crippen LogP contribution in [0.5, 0.6) is 0 Å². The molecule has 3 heterocycles. The van der Waals surface area contributed by atoms with Gasteiger partial charge in [0.15, 0.2) is 5.69 Å². The summed E-state index contributed by atoms with van der Waals surface area (Å²) in [6.07, 6.45) is -3.87. The number of amides is 1. The number of halogens is 3. The van der Waals surface area contributed by atoms with Gasteiger partial charge in [-0.05, 0) is 19.1 Å². The second-order valence-electron chi connectivity index (χ2n) is 5.72. The van der Waals surface area contributed by atoms with Crippen LogP contribution in [0.3, 0.4) is 0 Å². The molecule has 0 aromatic carbocycles. The monoisotopic (exact) mass is 370 g/mol. The summed E-state index contributed by atoms with van der Waals surface area (Å²) in [4.78, 5) is 21.3. The maximum Gasteiger partial charge on any atom is 0.434 e. The molecule has 0 bridgehead atoms. The third-order valence-electron chi connectivity index (χ3n) is 3.80. The first kappa shape index (κ1) is 18.2. The second-order valence-corrected chi connectivity index (χ2v) is 5.72. The van der Waals surface area contributed by atoms with Crippen molar-refractivity contribution in [2.45, 2.75) is 19.6 Å². The van der Waals surface area contributed by atoms with Gasteiger partial charge in [-0.15, -0.1) is 0 Å². The summed E-state index contributed by atoms with van der Waals surface area (Å²) in [5.41, 5.74) is -1.89. The number of rotatable bonds is 4. The Balaban J connectivity index is 1.81. The van der Waals surface area contributed by atoms with E-state index in [2.05, 4.69) is 15.3 Å². The number of nitrogens with zero attached hydrogens (tertiary/aromatic N) is 3. The first-order chi connectivity index (χ1) is 12.3. The Morgan fingerprint density at radius 3 is 2.65 bits per heavy atom. The van der Waals surface area contributed by atoms with Crippen molar-refractivity contribution in [1.82, 2.24) is 15.3 Å². The van der Waals surface area contributed by atoms with E-state index in [1.807, 2.05) is 0 Å². The van der Waals surface area contributed by atoms with E-state index in [4.69, 9.17) is 9.15 Å². The zero-order chi connectivity index (χ0) is 18.7. The average Bonchev–Trinajstić information content (AvgIpc) is 3.04. The Kier molecular flexibility index (Phi) is 5.12. The lowest BCUT2D eigenvalue weighted by Gasteiger charge is -2.27. The van der Waals surface area contributed by atoms with E-state index >= 15 is 0 Å². The Bertz CT molecular complexity index is 785. The summed E-state index contributed by atoms with van der Waals surface area (Å²) in [6, 6.07) is 3.33. The smallest absolute Gasteiger partial charge is 0.434 e. The Morgan fingerprint density at radius 1 is 1.31 bits per heavy atom. The van der Waals surface area contributed by atoms with Gasteiger partial charge in [0.25, 0.3) is 5.91 Å². The van der Waals surface area contributed by atoms with E-state index in [9.17, 15) is 18.0 Å². The molecular formula is C16H17F3N4O3. The predicted molar refractivity (Wildman–Crippen MR) is 84.7 cm³/mol. The van der Waals surface area contributed by atoms with Crippen LogP contribution < -0.4 is 10.2 Å². The van der Waals surface area contributed by atoms with Crippen LogP contribution in [0.4, 0.5) is 19.1 Å². The third kappa shape index (κ3) is 4.13. The molecule has 1 saturated heterocycles. The van der Waals surface area contributed by atoms with E-state index in [1.54, 1.807) is 24.0 Å². The van der Waals surface area contributed by atoms with Gasteiger partial charge in [0.2, 0.25) is 5.95 Å². The summed E-state index contributed by atoms with van der Waals surface area (Å²) in [5, 5.41) is 2.39. The largest absolute Gasteiger partial charge is 0.465 e. The zero-order valence-electron chi connectivity index (χ0n) is 14.0. The number of nitrogens with one attached hydrogen (secondary N) is 1. The molecule has 0 spiro atoms. The minimum Gasteiger partial charge on any atom is -0.465 e. The van der Waals surface area contributed by atoms with E-state index in [0.29, 0.717) is 37.8 Å². The van der Waals surface area contributed by atoms with Crippen molar-refractivity contribution in [1.29, 1.82) is 0 Å². The SMILES string of the molecule is Cc1ccc(CNC(=O)c2cnc(N3CCOCC3)nc2C(F)(F)F)o1. The van der Waals surface area contributed by atoms with Gasteiger partial charge in [-0.3, -0.25) is 4.79 Å². The molecule has 1 aliphatic rings. The summed E-state index contributed by atoms with van der Waals surface area (Å²) in [7, 11) is 0. The van der Waals surface area contributed by atoms with Gasteiger partial charge >= 0.3 is 6.18 Å². The van der Waals surface area contributed by atoms with Crippen molar-refractivity contribution >= 4 is 11.9 Å². The number of hydrogen-bond acceptors (Lipinski definition) is 6. The highest BCUT2D eigenvalue weighted by atomic mass is 19.4. The highest BCUT2D eigenvalue weighted by Crippen LogP contribution is 2.31. The highest BCUT2D eigenvalue weighted by molar-refractivity contribution is 5.95. The third-order valence-corrected chi connectivity index (χ3v) is 3.80. The number of hydrogen-bond donors (Lipinski definition) is 1. The molecule has 0 radical (unpaired) electrons. The number of morpholine rings is 1. The summed E-state index contributed by atoms with van der Waals surface area (Å²) >= 11 is 0. The molecule has 10 heteroatoms. The van der Waals surface area contributed by atoms with E-state index in [0.717, 1.165) is 6.20 Å². The van der Waals surface area contributed by atoms with Crippen molar-refractivity contribution in [2.24, 2.45) is 0 Å². The standard InChI is InChI=1S/C16H17F3N4O3/c1-10-2-3-11(26-10)8-20-14(24)12-9-21-15(22-13(12)16(17,18)19)23-4-6-25-7-5-23/h2-3,9H,4-8H2,1H3,(H,20,24). The van der Waals surface area contributed by atoms with Gasteiger partial charge < -0.3 is 19.4 Å². The van der Waals surface area contributed by atoms with Crippen LogP contribution >= 0.6 is 0 Å². The molecule has 2 aromatic heterocycles. The quantitative estimate of drug-likeness (QED) is 0.889. The fraction of sp³-hybridized carbons (Fsp3) is 0.438. The van der Waals surface area contributed by atoms with Gasteiger partial charge in [0.1, 0.15) is 11.5 Å². The van der Waals surface area contributed by atoms with Crippen molar-refractivity contribution in [3.63, 3.8) is 0 Å². The van der Waals surface area contributed by atoms with E-state index in [-0.39, 0.29) is 12.5 Å². The van der Waals surface area contributed by atoms with E-state index < -0.39 is 23.3 Å². The Hall–Kier alpha value is -2.62. The molecule has 140 valence electrons. The van der Waals surface area contributed by atoms with Crippen molar-refractivity contribution in [2.75, 3.05) is 31.2 Å². The number of anilines is 1. The molecule has 7 nitrogen and oxygen atoms in total. The molecule has 1 amide bonds. The molecular weight excluding hydrogens is 353 g/mol. The molecule has 1 aliphatic heterocycles. The summed E-state index contributed by atoms with van der Waals surface area (Å²) < 4.78 is 50.6. The Labute approximate surface area is 147 Å². The number of carbonyl (C=O) groups is 1. The fourth-order valence-corrected chi connectivity index (χ4v) is 2.51. The molecule has 0 aliphatic carbocycles. The predicted octanol–water partition coefficient (Wildman–Crippen LogP) is 2.16. The molecule has 1 fully saturated rings. The maximum atomic E-state index is 13.4. The lowest BCUT2D eigenvalue weighted by molar-refractivity contribution is -0.141. The lowest BCUT2D eigenvalue weighted by Crippen LogP contribution is -2.38. The number of alkyl halides is 3. The minimum absolute atomic E-state index is 0.0326. The molecule has 0 saturated carbocycles. The molecule has 26 heavy (non-hydrogen) atoms. The van der Waals surface area contributed by atoms with Gasteiger partial charge in [-0.1, -0.05) is 0 Å². The van der Waals surface area contributed by atoms with Crippen LogP contribution in [0.15, 0.2) is 22.7 Å². The summed E-state index contributed by atoms with van der Waals surface area (Å²) in [5.74, 6) is 0.0948. The van der Waals surface area contributed by atoms with Crippen LogP contribution in [0, 0.1) is 6.92 Å². The van der Waals surface area contributed by atoms with Crippen LogP contribution in [0.1, 0.15) is 27.6 Å². The maximum absolute atomic E-state index is 13.4. The van der Waals surface area contributed by atoms with Crippen molar-refractivity contribution in [3.05, 3.63) is 41.1 Å². The number of aromatic nitrogens is 2. The van der Waals surface area contributed by atoms with Crippen LogP contribution in [-0.2, 0) is 17.5 Å². The number of aryl methyl sites for hydroxylation is 1. The Morgan fingerprint density at radius 2 is 2.04 bits per heavy atom. The van der Waals surface area contributed by atoms with Gasteiger partial charge in [-0.25, -0.2) is 9.97 Å². The number of carbonyl (C=O) groups excluding carboxylic acids is 1. The second kappa shape index (κ2) is 7.32. The molecule has 2 aromatic rings.